The molecule has 1 N–H and O–H groups in total. The van der Waals surface area contributed by atoms with Crippen LogP contribution in [0.15, 0.2) is 70.7 Å². The van der Waals surface area contributed by atoms with Gasteiger partial charge in [0.25, 0.3) is 11.7 Å². The molecule has 8 heteroatoms. The molecule has 1 amide bonds. The summed E-state index contributed by atoms with van der Waals surface area (Å²) in [7, 11) is 0. The number of likely N-dealkylation sites (tertiary alicyclic amines) is 1. The molecule has 2 aliphatic heterocycles. The summed E-state index contributed by atoms with van der Waals surface area (Å²) in [5.41, 5.74) is 2.67. The minimum absolute atomic E-state index is 0.0276. The highest BCUT2D eigenvalue weighted by atomic mass is 16.5. The van der Waals surface area contributed by atoms with Gasteiger partial charge in [-0.2, -0.15) is 0 Å². The number of aliphatic hydroxyl groups is 1. The Bertz CT molecular complexity index is 1340. The standard InChI is InChI=1S/C30H32N2O6/c1-20-4-3-5-22(18-20)19-37-24-9-7-23(8-10-24)28(33)26-27(25-11-6-21(2)38-25)32(30(35)29(26)34)13-12-31-14-16-36-17-15-31/h3-11,18,27,33H,12-17,19H2,1-2H3/b28-26-. The number of morpholine rings is 1. The second-order valence-electron chi connectivity index (χ2n) is 9.70. The average molecular weight is 517 g/mol. The van der Waals surface area contributed by atoms with Gasteiger partial charge in [-0.1, -0.05) is 29.8 Å². The Kier molecular flexibility index (Phi) is 7.62. The number of aliphatic hydroxyl groups excluding tert-OH is 1. The molecular formula is C30H32N2O6. The number of carbonyl (C=O) groups is 2. The van der Waals surface area contributed by atoms with E-state index >= 15 is 0 Å². The number of benzene rings is 2. The predicted molar refractivity (Wildman–Crippen MR) is 142 cm³/mol. The molecule has 2 aromatic carbocycles. The molecule has 38 heavy (non-hydrogen) atoms. The Morgan fingerprint density at radius 2 is 1.76 bits per heavy atom. The van der Waals surface area contributed by atoms with Crippen LogP contribution in [0.2, 0.25) is 0 Å². The summed E-state index contributed by atoms with van der Waals surface area (Å²) in [4.78, 5) is 30.1. The molecule has 0 spiro atoms. The van der Waals surface area contributed by atoms with E-state index in [1.54, 1.807) is 43.3 Å². The van der Waals surface area contributed by atoms with E-state index in [-0.39, 0.29) is 11.3 Å². The van der Waals surface area contributed by atoms with Crippen molar-refractivity contribution in [2.24, 2.45) is 0 Å². The second-order valence-corrected chi connectivity index (χ2v) is 9.70. The van der Waals surface area contributed by atoms with Crippen LogP contribution in [0.3, 0.4) is 0 Å². The summed E-state index contributed by atoms with van der Waals surface area (Å²) in [6.45, 7) is 8.01. The van der Waals surface area contributed by atoms with Gasteiger partial charge in [-0.15, -0.1) is 0 Å². The van der Waals surface area contributed by atoms with Gasteiger partial charge in [0.2, 0.25) is 0 Å². The number of aryl methyl sites for hydroxylation is 2. The maximum atomic E-state index is 13.2. The summed E-state index contributed by atoms with van der Waals surface area (Å²) in [5.74, 6) is 0.145. The van der Waals surface area contributed by atoms with Gasteiger partial charge in [0.1, 0.15) is 35.7 Å². The zero-order valence-corrected chi connectivity index (χ0v) is 21.7. The van der Waals surface area contributed by atoms with Crippen molar-refractivity contribution >= 4 is 17.4 Å². The van der Waals surface area contributed by atoms with Gasteiger partial charge in [-0.3, -0.25) is 14.5 Å². The first kappa shape index (κ1) is 25.8. The van der Waals surface area contributed by atoms with Crippen LogP contribution < -0.4 is 4.74 Å². The minimum atomic E-state index is -0.804. The van der Waals surface area contributed by atoms with Crippen LogP contribution in [0, 0.1) is 13.8 Å². The van der Waals surface area contributed by atoms with E-state index in [9.17, 15) is 14.7 Å². The molecule has 3 heterocycles. The first-order chi connectivity index (χ1) is 18.4. The lowest BCUT2D eigenvalue weighted by Crippen LogP contribution is -2.42. The molecular weight excluding hydrogens is 484 g/mol. The van der Waals surface area contributed by atoms with Crippen LogP contribution in [-0.4, -0.2) is 66.0 Å². The minimum Gasteiger partial charge on any atom is -0.507 e. The van der Waals surface area contributed by atoms with Crippen molar-refractivity contribution in [1.82, 2.24) is 9.80 Å². The molecule has 0 aliphatic carbocycles. The highest BCUT2D eigenvalue weighted by Crippen LogP contribution is 2.40. The molecule has 2 saturated heterocycles. The Labute approximate surface area is 222 Å². The van der Waals surface area contributed by atoms with Crippen molar-refractivity contribution in [3.8, 4) is 5.75 Å². The van der Waals surface area contributed by atoms with E-state index in [0.717, 1.165) is 24.2 Å². The van der Waals surface area contributed by atoms with Crippen molar-refractivity contribution in [3.05, 3.63) is 94.4 Å². The van der Waals surface area contributed by atoms with Gasteiger partial charge < -0.3 is 23.9 Å². The van der Waals surface area contributed by atoms with Crippen LogP contribution >= 0.6 is 0 Å². The summed E-state index contributed by atoms with van der Waals surface area (Å²) in [6, 6.07) is 17.7. The number of ether oxygens (including phenoxy) is 2. The molecule has 1 atom stereocenters. The average Bonchev–Trinajstić information content (AvgIpc) is 3.47. The van der Waals surface area contributed by atoms with Crippen molar-refractivity contribution in [2.45, 2.75) is 26.5 Å². The Hall–Kier alpha value is -3.88. The Morgan fingerprint density at radius 3 is 2.45 bits per heavy atom. The number of Topliss-reactive ketones (excluding diaryl/α,β-unsaturated/α-hetero) is 1. The molecule has 0 radical (unpaired) electrons. The third kappa shape index (κ3) is 5.51. The van der Waals surface area contributed by atoms with E-state index in [1.807, 2.05) is 25.1 Å². The van der Waals surface area contributed by atoms with E-state index in [0.29, 0.717) is 55.7 Å². The fraction of sp³-hybridized carbons (Fsp3) is 0.333. The summed E-state index contributed by atoms with van der Waals surface area (Å²) in [5, 5.41) is 11.3. The van der Waals surface area contributed by atoms with E-state index in [1.165, 1.54) is 4.90 Å². The number of nitrogens with zero attached hydrogens (tertiary/aromatic N) is 2. The van der Waals surface area contributed by atoms with E-state index in [2.05, 4.69) is 11.0 Å². The maximum Gasteiger partial charge on any atom is 0.295 e. The fourth-order valence-electron chi connectivity index (χ4n) is 4.91. The second kappa shape index (κ2) is 11.2. The fourth-order valence-corrected chi connectivity index (χ4v) is 4.91. The molecule has 8 nitrogen and oxygen atoms in total. The number of carbonyl (C=O) groups excluding carboxylic acids is 2. The smallest absolute Gasteiger partial charge is 0.295 e. The van der Waals surface area contributed by atoms with E-state index in [4.69, 9.17) is 13.9 Å². The number of rotatable bonds is 8. The molecule has 3 aromatic rings. The molecule has 198 valence electrons. The molecule has 5 rings (SSSR count). The third-order valence-corrected chi connectivity index (χ3v) is 6.95. The first-order valence-corrected chi connectivity index (χ1v) is 12.8. The normalized spacial score (nSPS) is 19.7. The monoisotopic (exact) mass is 516 g/mol. The molecule has 1 unspecified atom stereocenters. The van der Waals surface area contributed by atoms with Crippen molar-refractivity contribution in [3.63, 3.8) is 0 Å². The predicted octanol–water partition coefficient (Wildman–Crippen LogP) is 4.23. The number of ketones is 1. The molecule has 0 saturated carbocycles. The highest BCUT2D eigenvalue weighted by Gasteiger charge is 2.47. The summed E-state index contributed by atoms with van der Waals surface area (Å²) in [6.07, 6.45) is 0. The van der Waals surface area contributed by atoms with Crippen molar-refractivity contribution < 1.29 is 28.6 Å². The number of amides is 1. The lowest BCUT2D eigenvalue weighted by atomic mass is 9.99. The molecule has 2 aliphatic rings. The zero-order chi connectivity index (χ0) is 26.6. The Balaban J connectivity index is 1.39. The molecule has 1 aromatic heterocycles. The van der Waals surface area contributed by atoms with Crippen LogP contribution in [-0.2, 0) is 20.9 Å². The van der Waals surface area contributed by atoms with Crippen LogP contribution in [0.25, 0.3) is 5.76 Å². The Morgan fingerprint density at radius 1 is 1.00 bits per heavy atom. The largest absolute Gasteiger partial charge is 0.507 e. The lowest BCUT2D eigenvalue weighted by molar-refractivity contribution is -0.140. The van der Waals surface area contributed by atoms with Gasteiger partial charge in [0, 0.05) is 31.7 Å². The summed E-state index contributed by atoms with van der Waals surface area (Å²) < 4.78 is 17.2. The van der Waals surface area contributed by atoms with Crippen LogP contribution in [0.4, 0.5) is 0 Å². The lowest BCUT2D eigenvalue weighted by Gasteiger charge is -2.30. The van der Waals surface area contributed by atoms with Crippen LogP contribution in [0.5, 0.6) is 5.75 Å². The highest BCUT2D eigenvalue weighted by molar-refractivity contribution is 6.46. The van der Waals surface area contributed by atoms with Gasteiger partial charge in [0.05, 0.1) is 18.8 Å². The van der Waals surface area contributed by atoms with E-state index < -0.39 is 17.7 Å². The van der Waals surface area contributed by atoms with Gasteiger partial charge in [0.15, 0.2) is 0 Å². The molecule has 0 bridgehead atoms. The topological polar surface area (TPSA) is 92.5 Å². The molecule has 2 fully saturated rings. The summed E-state index contributed by atoms with van der Waals surface area (Å²) >= 11 is 0. The first-order valence-electron chi connectivity index (χ1n) is 12.8. The zero-order valence-electron chi connectivity index (χ0n) is 21.7. The van der Waals surface area contributed by atoms with Gasteiger partial charge in [-0.25, -0.2) is 0 Å². The van der Waals surface area contributed by atoms with Gasteiger partial charge in [-0.05, 0) is 55.8 Å². The van der Waals surface area contributed by atoms with Crippen molar-refractivity contribution in [1.29, 1.82) is 0 Å². The SMILES string of the molecule is Cc1cccc(COc2ccc(/C(O)=C3/C(=O)C(=O)N(CCN4CCOCC4)C3c3ccc(C)o3)cc2)c1. The number of hydrogen-bond acceptors (Lipinski definition) is 7. The van der Waals surface area contributed by atoms with Gasteiger partial charge >= 0.3 is 0 Å². The van der Waals surface area contributed by atoms with Crippen LogP contribution in [0.1, 0.15) is 34.3 Å². The quantitative estimate of drug-likeness (QED) is 0.272. The van der Waals surface area contributed by atoms with Crippen molar-refractivity contribution in [2.75, 3.05) is 39.4 Å². The number of hydrogen-bond donors (Lipinski definition) is 1. The number of furan rings is 1. The third-order valence-electron chi connectivity index (χ3n) is 6.95. The maximum absolute atomic E-state index is 13.2.